The molecule has 0 radical (unpaired) electrons. The van der Waals surface area contributed by atoms with E-state index < -0.39 is 65.1 Å². The van der Waals surface area contributed by atoms with Gasteiger partial charge in [0.05, 0.1) is 55.5 Å². The number of nitrogen functional groups attached to an aromatic ring is 1. The quantitative estimate of drug-likeness (QED) is 0.0153. The first-order valence-electron chi connectivity index (χ1n) is 13.1. The van der Waals surface area contributed by atoms with Crippen molar-refractivity contribution < 1.29 is 161 Å². The van der Waals surface area contributed by atoms with Crippen molar-refractivity contribution in [2.45, 2.75) is 19.6 Å². The zero-order valence-corrected chi connectivity index (χ0v) is 35.1. The van der Waals surface area contributed by atoms with Gasteiger partial charge in [0, 0.05) is 31.6 Å². The molecule has 0 aliphatic rings. The Balaban J connectivity index is 0.00000605. The van der Waals surface area contributed by atoms with Crippen molar-refractivity contribution >= 4 is 95.4 Å². The zero-order chi connectivity index (χ0) is 36.9. The monoisotopic (exact) mass is 994 g/mol. The number of halogens is 1. The molecule has 0 fully saturated rings. The fourth-order valence-electron chi connectivity index (χ4n) is 4.27. The number of hydrogen-bond donors (Lipinski definition) is 4. The number of phenols is 1. The van der Waals surface area contributed by atoms with Gasteiger partial charge in [0.15, 0.2) is 0 Å². The third kappa shape index (κ3) is 13.9. The van der Waals surface area contributed by atoms with Gasteiger partial charge in [-0.3, -0.25) is 10.1 Å². The number of aromatic nitrogens is 3. The maximum atomic E-state index is 14.4. The number of hydrogen-bond acceptors (Lipinski definition) is 23. The molecule has 0 unspecified atom stereocenters. The Bertz CT molecular complexity index is 2400. The molecule has 56 heavy (non-hydrogen) atoms. The zero-order valence-electron chi connectivity index (χ0n) is 28.9. The number of nitrogens with zero attached hydrogens (tertiary/aromatic N) is 5. The number of nitrogens with two attached hydrogens (primary N) is 1. The van der Waals surface area contributed by atoms with Gasteiger partial charge in [-0.05, 0) is 53.9 Å². The van der Waals surface area contributed by atoms with E-state index in [4.69, 9.17) is 5.73 Å². The van der Waals surface area contributed by atoms with Crippen LogP contribution in [0.1, 0.15) is 0 Å². The van der Waals surface area contributed by atoms with Crippen molar-refractivity contribution in [1.29, 1.82) is 0 Å². The van der Waals surface area contributed by atoms with Crippen LogP contribution in [0.15, 0.2) is 90.5 Å². The van der Waals surface area contributed by atoms with Gasteiger partial charge in [0.25, 0.3) is 0 Å². The molecule has 0 saturated heterocycles. The molecule has 0 aliphatic carbocycles. The summed E-state index contributed by atoms with van der Waals surface area (Å²) in [6.07, 6.45) is -1.32. The standard InChI is InChI=1S/C25H19FN8O13S4.4Li.W/c26-23-30-24(32-25(31-23)29-14-3-1-2-4-18(14)50(38,39)40)28-12-5-6-17(49-47-45-37)15(9-12)33-34-22-20-11(8-19(21(22)27)51(41,42)43)7-13(10-16(20)35)48-46-44-36;;;;;/h1-10,35-37H,27H2,(H,38,39,40)(H,41,42,43)(H2,28,29,30,31,32);;;;;/q;4*+1;/p-4. The molecular weight excluding hydrogens is 979 g/mol. The molecule has 0 atom stereocenters. The van der Waals surface area contributed by atoms with Crippen LogP contribution in [0.5, 0.6) is 5.75 Å². The average molecular weight is 994 g/mol. The summed E-state index contributed by atoms with van der Waals surface area (Å²) < 4.78 is 94.0. The number of azo groups is 1. The number of nitrogens with one attached hydrogen (secondary N) is 2. The maximum Gasteiger partial charge on any atom is 1.00 e. The van der Waals surface area contributed by atoms with E-state index >= 15 is 0 Å². The summed E-state index contributed by atoms with van der Waals surface area (Å²) in [6.45, 7) is 0. The van der Waals surface area contributed by atoms with Crippen molar-refractivity contribution in [3.05, 3.63) is 66.7 Å². The number of aromatic hydroxyl groups is 1. The second-order valence-corrected chi connectivity index (χ2v) is 13.6. The van der Waals surface area contributed by atoms with Gasteiger partial charge >= 0.3 is 81.5 Å². The van der Waals surface area contributed by atoms with E-state index in [1.54, 1.807) is 0 Å². The van der Waals surface area contributed by atoms with Crippen LogP contribution in [0.3, 0.4) is 0 Å². The molecule has 274 valence electrons. The molecule has 1 heterocycles. The van der Waals surface area contributed by atoms with Crippen LogP contribution in [0.2, 0.25) is 0 Å². The molecule has 4 aromatic carbocycles. The largest absolute Gasteiger partial charge is 1.00 e. The van der Waals surface area contributed by atoms with Gasteiger partial charge in [-0.15, -0.1) is 10.2 Å². The predicted octanol–water partition coefficient (Wildman–Crippen LogP) is -9.36. The molecule has 0 saturated carbocycles. The predicted molar refractivity (Wildman–Crippen MR) is 165 cm³/mol. The topological polar surface area (TPSA) is 331 Å². The van der Waals surface area contributed by atoms with Crippen LogP contribution in [0.4, 0.5) is 44.7 Å². The van der Waals surface area contributed by atoms with E-state index in [0.29, 0.717) is 24.1 Å². The molecular formula is C25H15FLi4N8O13S4W. The fourth-order valence-corrected chi connectivity index (χ4v) is 6.40. The molecule has 0 amide bonds. The number of anilines is 5. The summed E-state index contributed by atoms with van der Waals surface area (Å²) in [5.41, 5.74) is 4.45. The fraction of sp³-hybridized carbons (Fsp3) is 0. The van der Waals surface area contributed by atoms with E-state index in [9.17, 15) is 46.0 Å². The van der Waals surface area contributed by atoms with E-state index in [1.165, 1.54) is 42.5 Å². The molecule has 0 bridgehead atoms. The van der Waals surface area contributed by atoms with Gasteiger partial charge in [-0.2, -0.15) is 28.0 Å². The van der Waals surface area contributed by atoms with E-state index in [1.807, 2.05) is 0 Å². The summed E-state index contributed by atoms with van der Waals surface area (Å²) in [5.74, 6) is -1.51. The van der Waals surface area contributed by atoms with Crippen LogP contribution in [-0.4, -0.2) is 46.0 Å². The first-order valence-corrected chi connectivity index (χ1v) is 17.4. The van der Waals surface area contributed by atoms with Crippen LogP contribution in [0.25, 0.3) is 10.8 Å². The van der Waals surface area contributed by atoms with Crippen molar-refractivity contribution in [3.8, 4) is 5.75 Å². The summed E-state index contributed by atoms with van der Waals surface area (Å²) in [4.78, 5) is 9.41. The molecule has 5 aromatic rings. The summed E-state index contributed by atoms with van der Waals surface area (Å²) >= 11 is 0.703. The number of rotatable bonds is 14. The molecule has 1 aromatic heterocycles. The number of fused-ring (bicyclic) bond motifs is 1. The maximum absolute atomic E-state index is 14.4. The van der Waals surface area contributed by atoms with Crippen LogP contribution in [0, 0.1) is 6.08 Å². The molecule has 5 rings (SSSR count). The SMILES string of the molecule is Nc1c(S(=O)(=O)[O-])cc2cc(SOO[O-])cc(O)c2c1N=Nc1cc(Nc2nc(F)nc(Nc3ccccc3S(=O)(=O)[O-])n2)ccc1SOO[O-].[Li+].[Li+].[Li+].[Li+].[W]. The molecule has 21 nitrogen and oxygen atoms in total. The molecule has 5 N–H and O–H groups in total. The van der Waals surface area contributed by atoms with Gasteiger partial charge in [-0.1, -0.05) is 12.1 Å². The Hall–Kier alpha value is -1.76. The Morgan fingerprint density at radius 3 is 2.02 bits per heavy atom. The van der Waals surface area contributed by atoms with Crippen molar-refractivity contribution in [2.24, 2.45) is 10.2 Å². The average Bonchev–Trinajstić information content (AvgIpc) is 3.05. The Morgan fingerprint density at radius 2 is 1.39 bits per heavy atom. The van der Waals surface area contributed by atoms with Crippen molar-refractivity contribution in [2.75, 3.05) is 16.4 Å². The second kappa shape index (κ2) is 23.7. The van der Waals surface area contributed by atoms with Crippen LogP contribution in [-0.2, 0) is 60.0 Å². The van der Waals surface area contributed by atoms with Gasteiger partial charge in [-0.25, -0.2) is 16.8 Å². The first-order chi connectivity index (χ1) is 24.2. The van der Waals surface area contributed by atoms with Crippen LogP contribution >= 0.6 is 24.1 Å². The van der Waals surface area contributed by atoms with E-state index in [0.717, 1.165) is 18.2 Å². The van der Waals surface area contributed by atoms with Gasteiger partial charge in [0.2, 0.25) is 11.9 Å². The first kappa shape index (κ1) is 54.2. The summed E-state index contributed by atoms with van der Waals surface area (Å²) in [6, 6.07) is 11.9. The number of phenolic OH excluding ortho intramolecular Hbond substituents is 1. The van der Waals surface area contributed by atoms with Crippen LogP contribution < -0.4 is 102 Å². The molecule has 31 heteroatoms. The summed E-state index contributed by atoms with van der Waals surface area (Å²) in [5, 5.41) is 51.0. The van der Waals surface area contributed by atoms with Crippen molar-refractivity contribution in [1.82, 2.24) is 15.0 Å². The number of benzene rings is 4. The number of para-hydroxylation sites is 1. The van der Waals surface area contributed by atoms with Gasteiger partial charge in [0.1, 0.15) is 37.4 Å². The smallest absolute Gasteiger partial charge is 0.744 e. The Morgan fingerprint density at radius 1 is 0.786 bits per heavy atom. The van der Waals surface area contributed by atoms with E-state index in [-0.39, 0.29) is 134 Å². The van der Waals surface area contributed by atoms with E-state index in [2.05, 4.69) is 54.6 Å². The normalized spacial score (nSPS) is 11.0. The van der Waals surface area contributed by atoms with Crippen molar-refractivity contribution in [3.63, 3.8) is 0 Å². The second-order valence-electron chi connectivity index (χ2n) is 9.40. The molecule has 0 aliphatic heterocycles. The Kier molecular flexibility index (Phi) is 23.0. The molecule has 0 spiro atoms. The van der Waals surface area contributed by atoms with Gasteiger partial charge < -0.3 is 41.1 Å². The minimum absolute atomic E-state index is 0. The minimum Gasteiger partial charge on any atom is -0.744 e. The summed E-state index contributed by atoms with van der Waals surface area (Å²) in [7, 11) is -10.2. The Labute approximate surface area is 386 Å². The minimum atomic E-state index is -5.23. The third-order valence-corrected chi connectivity index (χ3v) is 9.20. The third-order valence-electron chi connectivity index (χ3n) is 6.23.